The standard InChI is InChI=1S/C23H22F6Si2/c1-31(2,20-14-18(22(24,25)26)13-19(15-20)23(27,28)29)30-21(16-9-5-3-6-10-16)17-11-7-4-8-12-17/h3-15,21H,30H2,1-2H3. The predicted molar refractivity (Wildman–Crippen MR) is 117 cm³/mol. The lowest BCUT2D eigenvalue weighted by molar-refractivity contribution is -0.142. The number of benzene rings is 3. The van der Waals surface area contributed by atoms with E-state index in [4.69, 9.17) is 0 Å². The van der Waals surface area contributed by atoms with Gasteiger partial charge >= 0.3 is 12.4 Å². The first kappa shape index (κ1) is 23.3. The van der Waals surface area contributed by atoms with E-state index in [2.05, 4.69) is 0 Å². The van der Waals surface area contributed by atoms with Gasteiger partial charge in [0.25, 0.3) is 0 Å². The van der Waals surface area contributed by atoms with E-state index in [0.717, 1.165) is 23.3 Å². The van der Waals surface area contributed by atoms with Crippen molar-refractivity contribution in [3.8, 4) is 0 Å². The first-order valence-corrected chi connectivity index (χ1v) is 15.9. The molecule has 0 saturated carbocycles. The number of halogens is 6. The molecule has 164 valence electrons. The molecule has 0 spiro atoms. The summed E-state index contributed by atoms with van der Waals surface area (Å²) >= 11 is 0. The maximum atomic E-state index is 13.4. The fourth-order valence-electron chi connectivity index (χ4n) is 3.77. The molecule has 0 aliphatic carbocycles. The zero-order chi connectivity index (χ0) is 22.9. The topological polar surface area (TPSA) is 0 Å². The number of rotatable bonds is 5. The van der Waals surface area contributed by atoms with E-state index in [1.165, 1.54) is 0 Å². The Morgan fingerprint density at radius 3 is 1.39 bits per heavy atom. The summed E-state index contributed by atoms with van der Waals surface area (Å²) in [7, 11) is -3.75. The minimum absolute atomic E-state index is 0.00736. The van der Waals surface area contributed by atoms with Crippen LogP contribution in [0.1, 0.15) is 27.8 Å². The lowest BCUT2D eigenvalue weighted by atomic mass is 10.0. The summed E-state index contributed by atoms with van der Waals surface area (Å²) in [6.07, 6.45) is -9.67. The molecule has 31 heavy (non-hydrogen) atoms. The number of hydrogen-bond acceptors (Lipinski definition) is 0. The molecule has 0 saturated heterocycles. The van der Waals surface area contributed by atoms with Crippen molar-refractivity contribution in [2.24, 2.45) is 0 Å². The quantitative estimate of drug-likeness (QED) is 0.314. The first-order valence-electron chi connectivity index (χ1n) is 9.78. The van der Waals surface area contributed by atoms with Crippen LogP contribution in [0.3, 0.4) is 0 Å². The van der Waals surface area contributed by atoms with E-state index in [9.17, 15) is 26.3 Å². The van der Waals surface area contributed by atoms with E-state index < -0.39 is 40.1 Å². The Bertz CT molecular complexity index is 940. The lowest BCUT2D eigenvalue weighted by Gasteiger charge is -2.30. The summed E-state index contributed by atoms with van der Waals surface area (Å²) in [5, 5.41) is 0.207. The van der Waals surface area contributed by atoms with Crippen molar-refractivity contribution in [1.29, 1.82) is 0 Å². The molecule has 0 aromatic heterocycles. The highest BCUT2D eigenvalue weighted by molar-refractivity contribution is 7.30. The smallest absolute Gasteiger partial charge is 0.166 e. The first-order chi connectivity index (χ1) is 14.4. The summed E-state index contributed by atoms with van der Waals surface area (Å²) in [6.45, 7) is 3.77. The third-order valence-electron chi connectivity index (χ3n) is 5.49. The van der Waals surface area contributed by atoms with Gasteiger partial charge in [-0.2, -0.15) is 26.3 Å². The van der Waals surface area contributed by atoms with Crippen LogP contribution in [0.2, 0.25) is 13.1 Å². The Hall–Kier alpha value is -2.33. The third kappa shape index (κ3) is 5.68. The highest BCUT2D eigenvalue weighted by atomic mass is 29.2. The van der Waals surface area contributed by atoms with E-state index in [1.54, 1.807) is 0 Å². The van der Waals surface area contributed by atoms with Crippen LogP contribution < -0.4 is 5.19 Å². The van der Waals surface area contributed by atoms with Gasteiger partial charge in [0.05, 0.1) is 18.7 Å². The van der Waals surface area contributed by atoms with Crippen LogP contribution in [-0.2, 0) is 12.4 Å². The molecule has 0 bridgehead atoms. The zero-order valence-corrected chi connectivity index (χ0v) is 19.5. The maximum absolute atomic E-state index is 13.4. The highest BCUT2D eigenvalue weighted by Gasteiger charge is 2.39. The fraction of sp³-hybridized carbons (Fsp3) is 0.217. The monoisotopic (exact) mass is 468 g/mol. The average molecular weight is 469 g/mol. The second kappa shape index (κ2) is 8.66. The van der Waals surface area contributed by atoms with Gasteiger partial charge in [0.2, 0.25) is 0 Å². The van der Waals surface area contributed by atoms with Crippen molar-refractivity contribution in [1.82, 2.24) is 0 Å². The molecule has 0 atom stereocenters. The molecule has 8 heteroatoms. The molecule has 0 unspecified atom stereocenters. The van der Waals surface area contributed by atoms with Crippen molar-refractivity contribution in [2.45, 2.75) is 31.0 Å². The van der Waals surface area contributed by atoms with Gasteiger partial charge in [0, 0.05) is 9.04 Å². The zero-order valence-electron chi connectivity index (χ0n) is 17.1. The second-order valence-corrected chi connectivity index (χ2v) is 20.4. The Labute approximate surface area is 180 Å². The largest absolute Gasteiger partial charge is 0.416 e. The van der Waals surface area contributed by atoms with Crippen LogP contribution in [0.25, 0.3) is 0 Å². The molecule has 3 rings (SSSR count). The molecule has 3 aromatic rings. The molecule has 0 aliphatic heterocycles. The van der Waals surface area contributed by atoms with Crippen molar-refractivity contribution in [3.63, 3.8) is 0 Å². The van der Waals surface area contributed by atoms with Gasteiger partial charge in [0.15, 0.2) is 0 Å². The van der Waals surface area contributed by atoms with E-state index in [1.807, 2.05) is 73.8 Å². The molecular formula is C23H22F6Si2. The van der Waals surface area contributed by atoms with Crippen molar-refractivity contribution >= 4 is 21.8 Å². The molecule has 0 amide bonds. The van der Waals surface area contributed by atoms with Crippen LogP contribution in [0.15, 0.2) is 78.9 Å². The molecule has 0 radical (unpaired) electrons. The number of hydrogen-bond donors (Lipinski definition) is 0. The summed E-state index contributed by atoms with van der Waals surface area (Å²) < 4.78 is 80.3. The normalized spacial score (nSPS) is 13.3. The van der Waals surface area contributed by atoms with Gasteiger partial charge < -0.3 is 0 Å². The minimum atomic E-state index is -4.83. The fourth-order valence-corrected chi connectivity index (χ4v) is 12.9. The molecule has 0 aliphatic rings. The second-order valence-electron chi connectivity index (χ2n) is 8.26. The highest BCUT2D eigenvalue weighted by Crippen LogP contribution is 2.35. The minimum Gasteiger partial charge on any atom is -0.166 e. The third-order valence-corrected chi connectivity index (χ3v) is 15.2. The van der Waals surface area contributed by atoms with Crippen LogP contribution in [0.4, 0.5) is 26.3 Å². The van der Waals surface area contributed by atoms with Crippen molar-refractivity contribution in [3.05, 3.63) is 101 Å². The van der Waals surface area contributed by atoms with E-state index in [0.29, 0.717) is 0 Å². The molecule has 0 N–H and O–H groups in total. The number of alkyl halides is 6. The van der Waals surface area contributed by atoms with E-state index >= 15 is 0 Å². The van der Waals surface area contributed by atoms with Crippen LogP contribution in [0.5, 0.6) is 0 Å². The van der Waals surface area contributed by atoms with Crippen molar-refractivity contribution < 1.29 is 26.3 Å². The Kier molecular flexibility index (Phi) is 6.52. The Morgan fingerprint density at radius 2 is 1.03 bits per heavy atom. The van der Waals surface area contributed by atoms with Gasteiger partial charge in [-0.3, -0.25) is 0 Å². The molecule has 0 fully saturated rings. The van der Waals surface area contributed by atoms with Crippen LogP contribution >= 0.6 is 0 Å². The SMILES string of the molecule is C[Si](C)([SiH2]C(c1ccccc1)c1ccccc1)c1cc(C(F)(F)F)cc(C(F)(F)F)c1. The van der Waals surface area contributed by atoms with Gasteiger partial charge in [-0.05, 0) is 22.7 Å². The predicted octanol–water partition coefficient (Wildman–Crippen LogP) is 6.09. The lowest BCUT2D eigenvalue weighted by Crippen LogP contribution is -2.51. The summed E-state index contributed by atoms with van der Waals surface area (Å²) in [5.41, 5.74) is -0.369. The molecule has 0 nitrogen and oxygen atoms in total. The summed E-state index contributed by atoms with van der Waals surface area (Å²) in [6, 6.07) is 21.4. The maximum Gasteiger partial charge on any atom is 0.416 e. The van der Waals surface area contributed by atoms with Gasteiger partial charge in [0.1, 0.15) is 0 Å². The molecular weight excluding hydrogens is 446 g/mol. The van der Waals surface area contributed by atoms with Crippen LogP contribution in [-0.4, -0.2) is 16.6 Å². The summed E-state index contributed by atoms with van der Waals surface area (Å²) in [5.74, 6) is 0. The Balaban J connectivity index is 2.09. The van der Waals surface area contributed by atoms with Gasteiger partial charge in [-0.1, -0.05) is 91.1 Å². The van der Waals surface area contributed by atoms with Gasteiger partial charge in [-0.25, -0.2) is 0 Å². The van der Waals surface area contributed by atoms with Crippen LogP contribution in [0, 0.1) is 0 Å². The molecule has 3 aromatic carbocycles. The Morgan fingerprint density at radius 1 is 0.645 bits per heavy atom. The van der Waals surface area contributed by atoms with Gasteiger partial charge in [-0.15, -0.1) is 0 Å². The van der Waals surface area contributed by atoms with E-state index in [-0.39, 0.29) is 16.8 Å². The average Bonchev–Trinajstić information content (AvgIpc) is 2.72. The van der Waals surface area contributed by atoms with Crippen molar-refractivity contribution in [2.75, 3.05) is 0 Å². The molecule has 0 heterocycles. The summed E-state index contributed by atoms with van der Waals surface area (Å²) in [4.78, 5) is 0.